The first-order valence-electron chi connectivity index (χ1n) is 9.89. The van der Waals surface area contributed by atoms with Gasteiger partial charge in [0.25, 0.3) is 0 Å². The summed E-state index contributed by atoms with van der Waals surface area (Å²) in [6, 6.07) is 19.8. The topological polar surface area (TPSA) is 74.5 Å². The highest BCUT2D eigenvalue weighted by molar-refractivity contribution is 5.78. The molecular formula is C22H25N5O2. The standard InChI is InChI=1S/C22H25N5O2/c28-20(23-15-18-7-3-1-4-8-18)16-26-11-13-27(14-12-26)17-21-24-22(25-29-21)19-9-5-2-6-10-19/h1-10H,11-17H2,(H,23,28). The summed E-state index contributed by atoms with van der Waals surface area (Å²) in [5.74, 6) is 1.30. The van der Waals surface area contributed by atoms with Gasteiger partial charge in [-0.3, -0.25) is 14.6 Å². The van der Waals surface area contributed by atoms with E-state index in [1.165, 1.54) is 0 Å². The number of nitrogens with one attached hydrogen (secondary N) is 1. The van der Waals surface area contributed by atoms with Crippen LogP contribution in [0.3, 0.4) is 0 Å². The van der Waals surface area contributed by atoms with Crippen LogP contribution in [0.25, 0.3) is 11.4 Å². The Hall–Kier alpha value is -3.03. The highest BCUT2D eigenvalue weighted by Crippen LogP contribution is 2.16. The van der Waals surface area contributed by atoms with Crippen molar-refractivity contribution >= 4 is 5.91 Å². The zero-order valence-corrected chi connectivity index (χ0v) is 16.3. The van der Waals surface area contributed by atoms with Crippen molar-refractivity contribution in [3.8, 4) is 11.4 Å². The average molecular weight is 391 g/mol. The van der Waals surface area contributed by atoms with Crippen LogP contribution in [0.4, 0.5) is 0 Å². The SMILES string of the molecule is O=C(CN1CCN(Cc2nc(-c3ccccc3)no2)CC1)NCc1ccccc1. The van der Waals surface area contributed by atoms with E-state index in [1.807, 2.05) is 60.7 Å². The van der Waals surface area contributed by atoms with Crippen molar-refractivity contribution in [1.29, 1.82) is 0 Å². The van der Waals surface area contributed by atoms with Crippen LogP contribution in [0.2, 0.25) is 0 Å². The minimum Gasteiger partial charge on any atom is -0.351 e. The number of hydrogen-bond acceptors (Lipinski definition) is 6. The third kappa shape index (κ3) is 5.49. The van der Waals surface area contributed by atoms with Crippen molar-refractivity contribution in [2.45, 2.75) is 13.1 Å². The predicted molar refractivity (Wildman–Crippen MR) is 110 cm³/mol. The van der Waals surface area contributed by atoms with Crippen molar-refractivity contribution in [3.05, 3.63) is 72.1 Å². The first kappa shape index (κ1) is 19.3. The molecule has 29 heavy (non-hydrogen) atoms. The molecule has 0 unspecified atom stereocenters. The van der Waals surface area contributed by atoms with Gasteiger partial charge in [-0.15, -0.1) is 0 Å². The molecule has 2 aromatic carbocycles. The van der Waals surface area contributed by atoms with E-state index in [4.69, 9.17) is 4.52 Å². The molecule has 1 saturated heterocycles. The summed E-state index contributed by atoms with van der Waals surface area (Å²) >= 11 is 0. The molecule has 150 valence electrons. The fourth-order valence-corrected chi connectivity index (χ4v) is 3.38. The van der Waals surface area contributed by atoms with Crippen LogP contribution in [-0.2, 0) is 17.9 Å². The molecule has 0 bridgehead atoms. The number of benzene rings is 2. The molecule has 1 aromatic heterocycles. The zero-order chi connectivity index (χ0) is 19.9. The van der Waals surface area contributed by atoms with Gasteiger partial charge in [0, 0.05) is 38.3 Å². The molecule has 1 aliphatic rings. The van der Waals surface area contributed by atoms with Gasteiger partial charge in [-0.05, 0) is 5.56 Å². The summed E-state index contributed by atoms with van der Waals surface area (Å²) in [7, 11) is 0. The Kier molecular flexibility index (Phi) is 6.29. The van der Waals surface area contributed by atoms with E-state index in [1.54, 1.807) is 0 Å². The molecule has 0 atom stereocenters. The van der Waals surface area contributed by atoms with Gasteiger partial charge in [-0.25, -0.2) is 0 Å². The van der Waals surface area contributed by atoms with Crippen LogP contribution in [0.15, 0.2) is 65.2 Å². The van der Waals surface area contributed by atoms with Crippen molar-refractivity contribution < 1.29 is 9.32 Å². The summed E-state index contributed by atoms with van der Waals surface area (Å²) in [6.07, 6.45) is 0. The van der Waals surface area contributed by atoms with Crippen LogP contribution >= 0.6 is 0 Å². The lowest BCUT2D eigenvalue weighted by molar-refractivity contribution is -0.122. The van der Waals surface area contributed by atoms with Crippen molar-refractivity contribution in [2.24, 2.45) is 0 Å². The molecule has 1 N–H and O–H groups in total. The first-order valence-corrected chi connectivity index (χ1v) is 9.89. The Morgan fingerprint density at radius 3 is 2.31 bits per heavy atom. The van der Waals surface area contributed by atoms with Gasteiger partial charge >= 0.3 is 0 Å². The van der Waals surface area contributed by atoms with Crippen LogP contribution in [-0.4, -0.2) is 58.6 Å². The summed E-state index contributed by atoms with van der Waals surface area (Å²) in [6.45, 7) is 5.06. The van der Waals surface area contributed by atoms with Crippen molar-refractivity contribution in [1.82, 2.24) is 25.3 Å². The Labute approximate surface area is 170 Å². The second-order valence-corrected chi connectivity index (χ2v) is 7.19. The lowest BCUT2D eigenvalue weighted by Crippen LogP contribution is -2.49. The van der Waals surface area contributed by atoms with E-state index in [-0.39, 0.29) is 5.91 Å². The second-order valence-electron chi connectivity index (χ2n) is 7.19. The van der Waals surface area contributed by atoms with E-state index >= 15 is 0 Å². The van der Waals surface area contributed by atoms with Gasteiger partial charge < -0.3 is 9.84 Å². The van der Waals surface area contributed by atoms with Crippen LogP contribution in [0.5, 0.6) is 0 Å². The number of carbonyl (C=O) groups excluding carboxylic acids is 1. The van der Waals surface area contributed by atoms with Crippen LogP contribution in [0.1, 0.15) is 11.5 Å². The molecule has 7 nitrogen and oxygen atoms in total. The second kappa shape index (κ2) is 9.45. The summed E-state index contributed by atoms with van der Waals surface area (Å²) < 4.78 is 5.41. The molecule has 2 heterocycles. The maximum Gasteiger partial charge on any atom is 0.241 e. The molecule has 1 fully saturated rings. The smallest absolute Gasteiger partial charge is 0.241 e. The van der Waals surface area contributed by atoms with Crippen molar-refractivity contribution in [2.75, 3.05) is 32.7 Å². The molecule has 1 aliphatic heterocycles. The largest absolute Gasteiger partial charge is 0.351 e. The quantitative estimate of drug-likeness (QED) is 0.665. The van der Waals surface area contributed by atoms with E-state index in [0.29, 0.717) is 31.3 Å². The molecular weight excluding hydrogens is 366 g/mol. The Morgan fingerprint density at radius 2 is 1.59 bits per heavy atom. The van der Waals surface area contributed by atoms with Crippen LogP contribution < -0.4 is 5.32 Å². The summed E-state index contributed by atoms with van der Waals surface area (Å²) in [5, 5.41) is 7.06. The summed E-state index contributed by atoms with van der Waals surface area (Å²) in [5.41, 5.74) is 2.06. The zero-order valence-electron chi connectivity index (χ0n) is 16.3. The molecule has 0 spiro atoms. The van der Waals surface area contributed by atoms with Crippen LogP contribution in [0, 0.1) is 0 Å². The number of aromatic nitrogens is 2. The fraction of sp³-hybridized carbons (Fsp3) is 0.318. The van der Waals surface area contributed by atoms with E-state index in [9.17, 15) is 4.79 Å². The highest BCUT2D eigenvalue weighted by Gasteiger charge is 2.21. The average Bonchev–Trinajstić information content (AvgIpc) is 3.24. The monoisotopic (exact) mass is 391 g/mol. The Balaban J connectivity index is 1.20. The highest BCUT2D eigenvalue weighted by atomic mass is 16.5. The molecule has 0 saturated carbocycles. The lowest BCUT2D eigenvalue weighted by Gasteiger charge is -2.33. The van der Waals surface area contributed by atoms with Gasteiger partial charge in [0.05, 0.1) is 13.1 Å². The molecule has 4 rings (SSSR count). The van der Waals surface area contributed by atoms with Gasteiger partial charge in [-0.2, -0.15) is 4.98 Å². The minimum absolute atomic E-state index is 0.0618. The predicted octanol–water partition coefficient (Wildman–Crippen LogP) is 2.17. The third-order valence-corrected chi connectivity index (χ3v) is 5.02. The van der Waals surface area contributed by atoms with Gasteiger partial charge in [0.15, 0.2) is 0 Å². The number of rotatable bonds is 7. The fourth-order valence-electron chi connectivity index (χ4n) is 3.38. The van der Waals surface area contributed by atoms with Gasteiger partial charge in [0.1, 0.15) is 0 Å². The molecule has 3 aromatic rings. The van der Waals surface area contributed by atoms with Gasteiger partial charge in [-0.1, -0.05) is 65.8 Å². The van der Waals surface area contributed by atoms with Gasteiger partial charge in [0.2, 0.25) is 17.6 Å². The molecule has 0 aliphatic carbocycles. The van der Waals surface area contributed by atoms with E-state index < -0.39 is 0 Å². The summed E-state index contributed by atoms with van der Waals surface area (Å²) in [4.78, 5) is 21.2. The minimum atomic E-state index is 0.0618. The molecule has 1 amide bonds. The molecule has 7 heteroatoms. The number of carbonyl (C=O) groups is 1. The first-order chi connectivity index (χ1) is 14.3. The number of hydrogen-bond donors (Lipinski definition) is 1. The number of nitrogens with zero attached hydrogens (tertiary/aromatic N) is 4. The maximum absolute atomic E-state index is 12.2. The number of amides is 1. The van der Waals surface area contributed by atoms with E-state index in [2.05, 4.69) is 25.3 Å². The maximum atomic E-state index is 12.2. The van der Waals surface area contributed by atoms with Crippen molar-refractivity contribution in [3.63, 3.8) is 0 Å². The third-order valence-electron chi connectivity index (χ3n) is 5.02. The normalized spacial score (nSPS) is 15.3. The lowest BCUT2D eigenvalue weighted by atomic mass is 10.2. The Bertz CT molecular complexity index is 905. The number of piperazine rings is 1. The van der Waals surface area contributed by atoms with E-state index in [0.717, 1.165) is 37.3 Å². The molecule has 0 radical (unpaired) electrons. The Morgan fingerprint density at radius 1 is 0.931 bits per heavy atom.